The van der Waals surface area contributed by atoms with Gasteiger partial charge in [0.2, 0.25) is 0 Å². The topological polar surface area (TPSA) is 60.8 Å². The van der Waals surface area contributed by atoms with Crippen molar-refractivity contribution in [1.29, 1.82) is 0 Å². The lowest BCUT2D eigenvalue weighted by molar-refractivity contribution is -0.142. The van der Waals surface area contributed by atoms with Crippen LogP contribution in [-0.2, 0) is 4.79 Å². The maximum absolute atomic E-state index is 10.8. The first kappa shape index (κ1) is 10.9. The van der Waals surface area contributed by atoms with E-state index in [2.05, 4.69) is 4.90 Å². The Bertz CT molecular complexity index is 242. The number of aliphatic hydroxyl groups is 1. The number of hydrogen-bond donors (Lipinski definition) is 2. The highest BCUT2D eigenvalue weighted by Crippen LogP contribution is 2.36. The van der Waals surface area contributed by atoms with Gasteiger partial charge in [-0.05, 0) is 25.7 Å². The molecule has 2 rings (SSSR count). The molecule has 2 aliphatic rings. The second-order valence-electron chi connectivity index (χ2n) is 4.95. The van der Waals surface area contributed by atoms with E-state index in [1.54, 1.807) is 6.92 Å². The van der Waals surface area contributed by atoms with Crippen LogP contribution in [0, 0.1) is 5.92 Å². The minimum Gasteiger partial charge on any atom is -0.481 e. The summed E-state index contributed by atoms with van der Waals surface area (Å²) in [5, 5.41) is 18.5. The normalized spacial score (nSPS) is 37.9. The Morgan fingerprint density at radius 1 is 1.40 bits per heavy atom. The zero-order valence-corrected chi connectivity index (χ0v) is 9.09. The van der Waals surface area contributed by atoms with Crippen molar-refractivity contribution in [3.63, 3.8) is 0 Å². The highest BCUT2D eigenvalue weighted by molar-refractivity contribution is 5.69. The molecule has 2 N–H and O–H groups in total. The third-order valence-electron chi connectivity index (χ3n) is 3.77. The summed E-state index contributed by atoms with van der Waals surface area (Å²) in [4.78, 5) is 13.1. The average molecular weight is 213 g/mol. The SMILES string of the molecule is CC(CN1C2CCC1CC(O)C2)C(=O)O. The molecule has 86 valence electrons. The Morgan fingerprint density at radius 3 is 2.40 bits per heavy atom. The molecule has 15 heavy (non-hydrogen) atoms. The molecule has 4 heteroatoms. The number of carbonyl (C=O) groups is 1. The van der Waals surface area contributed by atoms with Gasteiger partial charge in [0, 0.05) is 18.6 Å². The lowest BCUT2D eigenvalue weighted by atomic mass is 9.98. The summed E-state index contributed by atoms with van der Waals surface area (Å²) in [7, 11) is 0. The standard InChI is InChI=1S/C11H19NO3/c1-7(11(14)15)6-12-8-2-3-9(12)5-10(13)4-8/h7-10,13H,2-6H2,1H3,(H,14,15). The minimum atomic E-state index is -0.722. The van der Waals surface area contributed by atoms with E-state index in [-0.39, 0.29) is 12.0 Å². The Labute approximate surface area is 89.9 Å². The van der Waals surface area contributed by atoms with Crippen molar-refractivity contribution in [2.75, 3.05) is 6.54 Å². The Balaban J connectivity index is 1.96. The molecule has 0 aliphatic carbocycles. The fraction of sp³-hybridized carbons (Fsp3) is 0.909. The summed E-state index contributed by atoms with van der Waals surface area (Å²) < 4.78 is 0. The van der Waals surface area contributed by atoms with Crippen LogP contribution in [0.5, 0.6) is 0 Å². The number of nitrogens with zero attached hydrogens (tertiary/aromatic N) is 1. The van der Waals surface area contributed by atoms with Crippen LogP contribution in [0.25, 0.3) is 0 Å². The summed E-state index contributed by atoms with van der Waals surface area (Å²) in [6, 6.07) is 0.834. The van der Waals surface area contributed by atoms with E-state index in [1.165, 1.54) is 0 Å². The number of rotatable bonds is 3. The van der Waals surface area contributed by atoms with Crippen molar-refractivity contribution in [3.8, 4) is 0 Å². The van der Waals surface area contributed by atoms with Crippen LogP contribution in [0.4, 0.5) is 0 Å². The van der Waals surface area contributed by atoms with E-state index in [4.69, 9.17) is 5.11 Å². The average Bonchev–Trinajstić information content (AvgIpc) is 2.42. The van der Waals surface area contributed by atoms with Gasteiger partial charge in [0.15, 0.2) is 0 Å². The van der Waals surface area contributed by atoms with Gasteiger partial charge in [0.25, 0.3) is 0 Å². The van der Waals surface area contributed by atoms with Gasteiger partial charge in [-0.2, -0.15) is 0 Å². The Kier molecular flexibility index (Phi) is 2.98. The predicted octanol–water partition coefficient (Wildman–Crippen LogP) is 0.695. The summed E-state index contributed by atoms with van der Waals surface area (Å²) in [5.74, 6) is -1.02. The van der Waals surface area contributed by atoms with Gasteiger partial charge in [-0.25, -0.2) is 0 Å². The molecule has 0 saturated carbocycles. The van der Waals surface area contributed by atoms with Gasteiger partial charge in [0.1, 0.15) is 0 Å². The number of hydrogen-bond acceptors (Lipinski definition) is 3. The summed E-state index contributed by atoms with van der Waals surface area (Å²) in [6.07, 6.45) is 3.72. The maximum atomic E-state index is 10.8. The first-order valence-corrected chi connectivity index (χ1v) is 5.74. The minimum absolute atomic E-state index is 0.168. The number of carboxylic acids is 1. The molecule has 0 aromatic heterocycles. The van der Waals surface area contributed by atoms with Crippen molar-refractivity contribution in [2.45, 2.75) is 50.8 Å². The maximum Gasteiger partial charge on any atom is 0.307 e. The molecule has 2 bridgehead atoms. The van der Waals surface area contributed by atoms with Crippen LogP contribution < -0.4 is 0 Å². The molecule has 0 aromatic rings. The molecule has 3 unspecified atom stereocenters. The van der Waals surface area contributed by atoms with Gasteiger partial charge >= 0.3 is 5.97 Å². The fourth-order valence-corrected chi connectivity index (χ4v) is 2.94. The van der Waals surface area contributed by atoms with Gasteiger partial charge in [-0.1, -0.05) is 6.92 Å². The molecule has 0 amide bonds. The molecule has 2 fully saturated rings. The van der Waals surface area contributed by atoms with Crippen molar-refractivity contribution in [1.82, 2.24) is 4.90 Å². The number of piperidine rings is 1. The van der Waals surface area contributed by atoms with Gasteiger partial charge in [-0.15, -0.1) is 0 Å². The predicted molar refractivity (Wildman–Crippen MR) is 55.6 cm³/mol. The summed E-state index contributed by atoms with van der Waals surface area (Å²) in [5.41, 5.74) is 0. The van der Waals surface area contributed by atoms with Gasteiger partial charge in [-0.3, -0.25) is 9.69 Å². The third-order valence-corrected chi connectivity index (χ3v) is 3.77. The summed E-state index contributed by atoms with van der Waals surface area (Å²) in [6.45, 7) is 2.39. The first-order chi connectivity index (χ1) is 7.08. The van der Waals surface area contributed by atoms with E-state index in [0.717, 1.165) is 25.7 Å². The van der Waals surface area contributed by atoms with Crippen molar-refractivity contribution < 1.29 is 15.0 Å². The summed E-state index contributed by atoms with van der Waals surface area (Å²) >= 11 is 0. The van der Waals surface area contributed by atoms with Crippen molar-refractivity contribution in [3.05, 3.63) is 0 Å². The quantitative estimate of drug-likeness (QED) is 0.724. The molecular weight excluding hydrogens is 194 g/mol. The molecule has 0 radical (unpaired) electrons. The van der Waals surface area contributed by atoms with Crippen LogP contribution in [0.15, 0.2) is 0 Å². The van der Waals surface area contributed by atoms with Gasteiger partial charge in [0.05, 0.1) is 12.0 Å². The number of fused-ring (bicyclic) bond motifs is 2. The highest BCUT2D eigenvalue weighted by atomic mass is 16.4. The molecule has 2 heterocycles. The zero-order valence-electron chi connectivity index (χ0n) is 9.09. The van der Waals surface area contributed by atoms with Crippen LogP contribution in [0.1, 0.15) is 32.6 Å². The molecule has 0 aromatic carbocycles. The second-order valence-corrected chi connectivity index (χ2v) is 4.95. The molecular formula is C11H19NO3. The van der Waals surface area contributed by atoms with Crippen LogP contribution >= 0.6 is 0 Å². The lowest BCUT2D eigenvalue weighted by Gasteiger charge is -2.37. The van der Waals surface area contributed by atoms with Crippen LogP contribution in [0.3, 0.4) is 0 Å². The third kappa shape index (κ3) is 2.16. The smallest absolute Gasteiger partial charge is 0.307 e. The van der Waals surface area contributed by atoms with E-state index < -0.39 is 5.97 Å². The van der Waals surface area contributed by atoms with E-state index in [9.17, 15) is 9.90 Å². The van der Waals surface area contributed by atoms with E-state index in [0.29, 0.717) is 18.6 Å². The number of aliphatic hydroxyl groups excluding tert-OH is 1. The van der Waals surface area contributed by atoms with Crippen molar-refractivity contribution >= 4 is 5.97 Å². The second kappa shape index (κ2) is 4.10. The largest absolute Gasteiger partial charge is 0.481 e. The zero-order chi connectivity index (χ0) is 11.0. The van der Waals surface area contributed by atoms with E-state index in [1.807, 2.05) is 0 Å². The number of carboxylic acid groups (broad SMARTS) is 1. The first-order valence-electron chi connectivity index (χ1n) is 5.74. The Morgan fingerprint density at radius 2 is 1.93 bits per heavy atom. The van der Waals surface area contributed by atoms with Crippen LogP contribution in [-0.4, -0.2) is 45.8 Å². The van der Waals surface area contributed by atoms with Gasteiger partial charge < -0.3 is 10.2 Å². The van der Waals surface area contributed by atoms with Crippen molar-refractivity contribution in [2.24, 2.45) is 5.92 Å². The number of aliphatic carboxylic acids is 1. The molecule has 0 spiro atoms. The highest BCUT2D eigenvalue weighted by Gasteiger charge is 2.40. The monoisotopic (exact) mass is 213 g/mol. The molecule has 3 atom stereocenters. The lowest BCUT2D eigenvalue weighted by Crippen LogP contribution is -2.47. The van der Waals surface area contributed by atoms with Crippen LogP contribution in [0.2, 0.25) is 0 Å². The Hall–Kier alpha value is -0.610. The molecule has 4 nitrogen and oxygen atoms in total. The molecule has 2 saturated heterocycles. The fourth-order valence-electron chi connectivity index (χ4n) is 2.94. The molecule has 2 aliphatic heterocycles. The van der Waals surface area contributed by atoms with E-state index >= 15 is 0 Å².